The first-order chi connectivity index (χ1) is 14.7. The summed E-state index contributed by atoms with van der Waals surface area (Å²) in [5.74, 6) is 0.379. The van der Waals surface area contributed by atoms with Crippen LogP contribution in [-0.2, 0) is 22.3 Å². The normalized spacial score (nSPS) is 11.2. The topological polar surface area (TPSA) is 75.3 Å². The van der Waals surface area contributed by atoms with Crippen molar-refractivity contribution in [1.82, 2.24) is 5.32 Å². The van der Waals surface area contributed by atoms with Crippen LogP contribution in [0.5, 0.6) is 0 Å². The summed E-state index contributed by atoms with van der Waals surface area (Å²) in [7, 11) is -3.41. The summed E-state index contributed by atoms with van der Waals surface area (Å²) in [4.78, 5) is 13.5. The summed E-state index contributed by atoms with van der Waals surface area (Å²) in [6.45, 7) is 0.189. The van der Waals surface area contributed by atoms with E-state index in [4.69, 9.17) is 23.2 Å². The van der Waals surface area contributed by atoms with E-state index < -0.39 is 10.0 Å². The van der Waals surface area contributed by atoms with Gasteiger partial charge in [0, 0.05) is 27.8 Å². The van der Waals surface area contributed by atoms with E-state index in [1.165, 1.54) is 11.8 Å². The molecule has 2 N–H and O–H groups in total. The molecule has 0 atom stereocenters. The first-order valence-electron chi connectivity index (χ1n) is 9.22. The zero-order chi connectivity index (χ0) is 22.4. The fraction of sp³-hybridized carbons (Fsp3) is 0.136. The molecule has 0 aliphatic rings. The van der Waals surface area contributed by atoms with Gasteiger partial charge in [-0.1, -0.05) is 53.5 Å². The number of sulfonamides is 1. The van der Waals surface area contributed by atoms with E-state index in [-0.39, 0.29) is 12.5 Å². The van der Waals surface area contributed by atoms with Crippen molar-refractivity contribution in [3.05, 3.63) is 93.5 Å². The molecular formula is C22H20Cl2N2O3S2. The van der Waals surface area contributed by atoms with Crippen LogP contribution in [0.15, 0.2) is 71.6 Å². The second-order valence-corrected chi connectivity index (χ2v) is 10.4. The number of carbonyl (C=O) groups excluding carboxylic acids is 1. The fourth-order valence-electron chi connectivity index (χ4n) is 2.80. The third-order valence-corrected chi connectivity index (χ3v) is 6.62. The number of amides is 1. The lowest BCUT2D eigenvalue weighted by atomic mass is 10.1. The highest BCUT2D eigenvalue weighted by Crippen LogP contribution is 2.32. The summed E-state index contributed by atoms with van der Waals surface area (Å²) in [6.07, 6.45) is 1.09. The van der Waals surface area contributed by atoms with Crippen LogP contribution in [0.2, 0.25) is 10.0 Å². The Bertz CT molecular complexity index is 1200. The number of hydrogen-bond acceptors (Lipinski definition) is 4. The maximum atomic E-state index is 12.6. The van der Waals surface area contributed by atoms with Crippen LogP contribution in [-0.4, -0.2) is 20.6 Å². The summed E-state index contributed by atoms with van der Waals surface area (Å²) >= 11 is 13.8. The SMILES string of the molecule is CS(=O)(=O)Nc1ccccc1CNC(=O)c1cccc(CSc2cc(Cl)ccc2Cl)c1. The molecule has 1 amide bonds. The molecule has 9 heteroatoms. The predicted molar refractivity (Wildman–Crippen MR) is 129 cm³/mol. The van der Waals surface area contributed by atoms with Crippen molar-refractivity contribution < 1.29 is 13.2 Å². The Labute approximate surface area is 196 Å². The van der Waals surface area contributed by atoms with Crippen molar-refractivity contribution >= 4 is 56.6 Å². The van der Waals surface area contributed by atoms with Crippen LogP contribution in [0.25, 0.3) is 0 Å². The molecular weight excluding hydrogens is 475 g/mol. The van der Waals surface area contributed by atoms with Crippen molar-refractivity contribution in [2.75, 3.05) is 11.0 Å². The maximum absolute atomic E-state index is 12.6. The largest absolute Gasteiger partial charge is 0.348 e. The van der Waals surface area contributed by atoms with E-state index in [1.807, 2.05) is 24.3 Å². The van der Waals surface area contributed by atoms with Gasteiger partial charge in [0.15, 0.2) is 0 Å². The minimum atomic E-state index is -3.41. The number of para-hydroxylation sites is 1. The molecule has 3 aromatic carbocycles. The highest BCUT2D eigenvalue weighted by atomic mass is 35.5. The van der Waals surface area contributed by atoms with E-state index >= 15 is 0 Å². The van der Waals surface area contributed by atoms with Gasteiger partial charge in [0.1, 0.15) is 0 Å². The second kappa shape index (κ2) is 10.4. The number of benzene rings is 3. The van der Waals surface area contributed by atoms with Crippen LogP contribution < -0.4 is 10.0 Å². The molecule has 0 bridgehead atoms. The highest BCUT2D eigenvalue weighted by Gasteiger charge is 2.11. The van der Waals surface area contributed by atoms with E-state index in [0.29, 0.717) is 32.6 Å². The quantitative estimate of drug-likeness (QED) is 0.400. The summed E-state index contributed by atoms with van der Waals surface area (Å²) in [6, 6.07) is 19.5. The lowest BCUT2D eigenvalue weighted by molar-refractivity contribution is 0.0951. The first-order valence-corrected chi connectivity index (χ1v) is 12.9. The van der Waals surface area contributed by atoms with Gasteiger partial charge in [0.2, 0.25) is 10.0 Å². The Morgan fingerprint density at radius 2 is 1.77 bits per heavy atom. The van der Waals surface area contributed by atoms with Crippen molar-refractivity contribution in [2.45, 2.75) is 17.2 Å². The van der Waals surface area contributed by atoms with Gasteiger partial charge in [0.25, 0.3) is 5.91 Å². The molecule has 3 aromatic rings. The molecule has 0 heterocycles. The number of anilines is 1. The standard InChI is InChI=1S/C22H20Cl2N2O3S2/c1-31(28,29)26-20-8-3-2-6-17(20)13-25-22(27)16-7-4-5-15(11-16)14-30-21-12-18(23)9-10-19(21)24/h2-12,26H,13-14H2,1H3,(H,25,27). The molecule has 0 spiro atoms. The van der Waals surface area contributed by atoms with Crippen molar-refractivity contribution in [3.8, 4) is 0 Å². The fourth-order valence-corrected chi connectivity index (χ4v) is 4.84. The second-order valence-electron chi connectivity index (χ2n) is 6.78. The lowest BCUT2D eigenvalue weighted by Gasteiger charge is -2.12. The number of halogens is 2. The van der Waals surface area contributed by atoms with Crippen LogP contribution in [0.1, 0.15) is 21.5 Å². The average molecular weight is 495 g/mol. The molecule has 5 nitrogen and oxygen atoms in total. The van der Waals surface area contributed by atoms with Gasteiger partial charge < -0.3 is 5.32 Å². The third-order valence-electron chi connectivity index (χ3n) is 4.23. The summed E-state index contributed by atoms with van der Waals surface area (Å²) in [5, 5.41) is 4.09. The molecule has 0 aliphatic carbocycles. The Hall–Kier alpha value is -2.19. The van der Waals surface area contributed by atoms with E-state index in [1.54, 1.807) is 42.5 Å². The lowest BCUT2D eigenvalue weighted by Crippen LogP contribution is -2.24. The van der Waals surface area contributed by atoms with Gasteiger partial charge in [0.05, 0.1) is 17.0 Å². The molecule has 0 fully saturated rings. The Morgan fingerprint density at radius 3 is 2.55 bits per heavy atom. The van der Waals surface area contributed by atoms with Gasteiger partial charge in [-0.15, -0.1) is 11.8 Å². The molecule has 31 heavy (non-hydrogen) atoms. The molecule has 0 unspecified atom stereocenters. The number of rotatable bonds is 8. The van der Waals surface area contributed by atoms with E-state index in [9.17, 15) is 13.2 Å². The monoisotopic (exact) mass is 494 g/mol. The number of carbonyl (C=O) groups is 1. The molecule has 0 radical (unpaired) electrons. The van der Waals surface area contributed by atoms with Crippen molar-refractivity contribution in [2.24, 2.45) is 0 Å². The minimum Gasteiger partial charge on any atom is -0.348 e. The summed E-state index contributed by atoms with van der Waals surface area (Å²) < 4.78 is 25.5. The Morgan fingerprint density at radius 1 is 1.00 bits per heavy atom. The average Bonchev–Trinajstić information content (AvgIpc) is 2.72. The van der Waals surface area contributed by atoms with Crippen molar-refractivity contribution in [1.29, 1.82) is 0 Å². The van der Waals surface area contributed by atoms with Crippen molar-refractivity contribution in [3.63, 3.8) is 0 Å². The van der Waals surface area contributed by atoms with Gasteiger partial charge >= 0.3 is 0 Å². The van der Waals surface area contributed by atoms with Crippen LogP contribution >= 0.6 is 35.0 Å². The number of hydrogen-bond donors (Lipinski definition) is 2. The molecule has 3 rings (SSSR count). The van der Waals surface area contributed by atoms with Crippen LogP contribution in [0, 0.1) is 0 Å². The molecule has 162 valence electrons. The smallest absolute Gasteiger partial charge is 0.251 e. The predicted octanol–water partition coefficient (Wildman–Crippen LogP) is 5.59. The van der Waals surface area contributed by atoms with Crippen LogP contribution in [0.3, 0.4) is 0 Å². The molecule has 0 aliphatic heterocycles. The molecule has 0 saturated carbocycles. The van der Waals surface area contributed by atoms with Gasteiger partial charge in [-0.25, -0.2) is 8.42 Å². The molecule has 0 aromatic heterocycles. The Kier molecular flexibility index (Phi) is 7.89. The zero-order valence-electron chi connectivity index (χ0n) is 16.6. The van der Waals surface area contributed by atoms with Gasteiger partial charge in [-0.05, 0) is 47.5 Å². The maximum Gasteiger partial charge on any atom is 0.251 e. The molecule has 0 saturated heterocycles. The minimum absolute atomic E-state index is 0.189. The zero-order valence-corrected chi connectivity index (χ0v) is 19.7. The highest BCUT2D eigenvalue weighted by molar-refractivity contribution is 7.98. The van der Waals surface area contributed by atoms with Gasteiger partial charge in [-0.2, -0.15) is 0 Å². The number of thioether (sulfide) groups is 1. The number of nitrogens with one attached hydrogen (secondary N) is 2. The Balaban J connectivity index is 1.65. The van der Waals surface area contributed by atoms with E-state index in [2.05, 4.69) is 10.0 Å². The first kappa shape index (κ1) is 23.5. The van der Waals surface area contributed by atoms with Crippen LogP contribution in [0.4, 0.5) is 5.69 Å². The van der Waals surface area contributed by atoms with E-state index in [0.717, 1.165) is 16.7 Å². The third kappa shape index (κ3) is 7.18. The van der Waals surface area contributed by atoms with Gasteiger partial charge in [-0.3, -0.25) is 9.52 Å². The summed E-state index contributed by atoms with van der Waals surface area (Å²) in [5.41, 5.74) is 2.59.